The summed E-state index contributed by atoms with van der Waals surface area (Å²) in [5, 5.41) is 5.54. The number of likely N-dealkylation sites (N-methyl/N-ethyl adjacent to an activating group) is 1. The monoisotopic (exact) mass is 422 g/mol. The van der Waals surface area contributed by atoms with Crippen LogP contribution >= 0.6 is 0 Å². The third-order valence-corrected chi connectivity index (χ3v) is 5.86. The van der Waals surface area contributed by atoms with Gasteiger partial charge in [-0.2, -0.15) is 0 Å². The Kier molecular flexibility index (Phi) is 8.30. The number of ether oxygens (including phenoxy) is 3. The fraction of sp³-hybridized carbons (Fsp3) is 0.619. The van der Waals surface area contributed by atoms with E-state index < -0.39 is 11.8 Å². The summed E-state index contributed by atoms with van der Waals surface area (Å²) in [6.07, 6.45) is 0. The molecule has 0 saturated carbocycles. The van der Waals surface area contributed by atoms with Crippen LogP contribution in [-0.2, 0) is 14.3 Å². The molecule has 9 heteroatoms. The Morgan fingerprint density at radius 2 is 1.77 bits per heavy atom. The first-order valence-corrected chi connectivity index (χ1v) is 10.8. The number of quaternary nitrogens is 2. The highest BCUT2D eigenvalue weighted by molar-refractivity contribution is 6.35. The van der Waals surface area contributed by atoms with Gasteiger partial charge < -0.3 is 34.6 Å². The van der Waals surface area contributed by atoms with Gasteiger partial charge in [0.05, 0.1) is 45.9 Å². The lowest BCUT2D eigenvalue weighted by molar-refractivity contribution is -0.937. The van der Waals surface area contributed by atoms with Crippen molar-refractivity contribution in [2.75, 3.05) is 65.8 Å². The normalized spacial score (nSPS) is 17.0. The largest absolute Gasteiger partial charge is 0.454 e. The van der Waals surface area contributed by atoms with E-state index in [0.717, 1.165) is 44.0 Å². The lowest BCUT2D eigenvalue weighted by atomic mass is 10.0. The molecular formula is C21H34N4O5+2. The molecule has 0 aliphatic carbocycles. The molecule has 30 heavy (non-hydrogen) atoms. The Bertz CT molecular complexity index is 719. The highest BCUT2D eigenvalue weighted by atomic mass is 16.7. The minimum atomic E-state index is -0.594. The molecule has 0 bridgehead atoms. The second kappa shape index (κ2) is 11.1. The summed E-state index contributed by atoms with van der Waals surface area (Å²) in [6.45, 7) is 11.1. The van der Waals surface area contributed by atoms with Gasteiger partial charge in [-0.25, -0.2) is 0 Å². The zero-order chi connectivity index (χ0) is 21.3. The van der Waals surface area contributed by atoms with Gasteiger partial charge in [0.15, 0.2) is 11.5 Å². The average Bonchev–Trinajstić information content (AvgIpc) is 3.25. The van der Waals surface area contributed by atoms with Crippen molar-refractivity contribution in [1.82, 2.24) is 10.6 Å². The fourth-order valence-corrected chi connectivity index (χ4v) is 3.92. The summed E-state index contributed by atoms with van der Waals surface area (Å²) in [4.78, 5) is 27.2. The van der Waals surface area contributed by atoms with Gasteiger partial charge in [0.2, 0.25) is 6.79 Å². The van der Waals surface area contributed by atoms with Crippen molar-refractivity contribution in [3.05, 3.63) is 23.8 Å². The van der Waals surface area contributed by atoms with Gasteiger partial charge in [0.25, 0.3) is 0 Å². The van der Waals surface area contributed by atoms with Crippen molar-refractivity contribution in [1.29, 1.82) is 0 Å². The van der Waals surface area contributed by atoms with Gasteiger partial charge in [0.1, 0.15) is 19.1 Å². The molecule has 0 spiro atoms. The maximum absolute atomic E-state index is 12.4. The van der Waals surface area contributed by atoms with Crippen molar-refractivity contribution in [3.63, 3.8) is 0 Å². The van der Waals surface area contributed by atoms with E-state index in [4.69, 9.17) is 14.2 Å². The van der Waals surface area contributed by atoms with Crippen molar-refractivity contribution in [2.24, 2.45) is 0 Å². The summed E-state index contributed by atoms with van der Waals surface area (Å²) in [7, 11) is 0. The Labute approximate surface area is 177 Å². The average molecular weight is 423 g/mol. The Balaban J connectivity index is 1.58. The molecule has 1 aromatic carbocycles. The number of fused-ring (bicyclic) bond motifs is 1. The van der Waals surface area contributed by atoms with E-state index in [1.807, 2.05) is 18.2 Å². The van der Waals surface area contributed by atoms with E-state index in [2.05, 4.69) is 24.5 Å². The van der Waals surface area contributed by atoms with E-state index in [9.17, 15) is 9.59 Å². The number of amides is 2. The minimum absolute atomic E-state index is 0.000249. The number of nitrogens with one attached hydrogen (secondary N) is 4. The first-order valence-electron chi connectivity index (χ1n) is 10.8. The zero-order valence-corrected chi connectivity index (χ0v) is 17.9. The predicted molar refractivity (Wildman–Crippen MR) is 110 cm³/mol. The molecule has 1 aromatic rings. The smallest absolute Gasteiger partial charge is 0.309 e. The Morgan fingerprint density at radius 3 is 2.50 bits per heavy atom. The van der Waals surface area contributed by atoms with Crippen molar-refractivity contribution >= 4 is 11.8 Å². The first-order chi connectivity index (χ1) is 14.6. The SMILES string of the molecule is CC[NH+](CC)CCNC(=O)C(=O)NC[C@@H](c1ccc2c(c1)OCO2)[NH+]1CCOCC1. The molecule has 1 fully saturated rings. The molecule has 1 atom stereocenters. The van der Waals surface area contributed by atoms with Crippen molar-refractivity contribution in [2.45, 2.75) is 19.9 Å². The van der Waals surface area contributed by atoms with Gasteiger partial charge in [-0.3, -0.25) is 9.59 Å². The van der Waals surface area contributed by atoms with E-state index >= 15 is 0 Å². The summed E-state index contributed by atoms with van der Waals surface area (Å²) in [5.74, 6) is 0.271. The van der Waals surface area contributed by atoms with E-state index in [0.29, 0.717) is 32.1 Å². The molecule has 9 nitrogen and oxygen atoms in total. The molecule has 2 aliphatic rings. The van der Waals surface area contributed by atoms with Crippen molar-refractivity contribution in [3.8, 4) is 11.5 Å². The van der Waals surface area contributed by atoms with Crippen molar-refractivity contribution < 1.29 is 33.6 Å². The standard InChI is InChI=1S/C21H32N4O5/c1-3-24(4-2)8-7-22-20(26)21(27)23-14-17(25-9-11-28-12-10-25)16-5-6-18-19(13-16)30-15-29-18/h5-6,13,17H,3-4,7-12,14-15H2,1-2H3,(H,22,26)(H,23,27)/p+2/t17-/m0/s1. The number of rotatable bonds is 9. The molecule has 2 aliphatic heterocycles. The van der Waals surface area contributed by atoms with Crippen LogP contribution in [0.2, 0.25) is 0 Å². The highest BCUT2D eigenvalue weighted by Gasteiger charge is 2.29. The first kappa shape index (κ1) is 22.3. The number of carbonyl (C=O) groups excluding carboxylic acids is 2. The molecule has 2 amide bonds. The van der Waals surface area contributed by atoms with E-state index in [1.165, 1.54) is 9.80 Å². The topological polar surface area (TPSA) is 94.8 Å². The van der Waals surface area contributed by atoms with E-state index in [1.54, 1.807) is 0 Å². The van der Waals surface area contributed by atoms with Crippen LogP contribution in [0.1, 0.15) is 25.5 Å². The summed E-state index contributed by atoms with van der Waals surface area (Å²) in [5.41, 5.74) is 1.04. The third-order valence-electron chi connectivity index (χ3n) is 5.86. The molecule has 166 valence electrons. The second-order valence-electron chi connectivity index (χ2n) is 7.61. The van der Waals surface area contributed by atoms with Gasteiger partial charge in [0, 0.05) is 5.56 Å². The molecule has 3 rings (SSSR count). The summed E-state index contributed by atoms with van der Waals surface area (Å²) in [6, 6.07) is 5.86. The lowest BCUT2D eigenvalue weighted by Gasteiger charge is -2.32. The Hall–Kier alpha value is -2.36. The molecular weight excluding hydrogens is 388 g/mol. The number of benzene rings is 1. The maximum atomic E-state index is 12.4. The number of morpholine rings is 1. The molecule has 0 radical (unpaired) electrons. The van der Waals surface area contributed by atoms with Crippen LogP contribution in [0.5, 0.6) is 11.5 Å². The molecule has 0 unspecified atom stereocenters. The van der Waals surface area contributed by atoms with Crippen LogP contribution in [-0.4, -0.2) is 77.6 Å². The number of carbonyl (C=O) groups is 2. The van der Waals surface area contributed by atoms with Crippen LogP contribution in [0.3, 0.4) is 0 Å². The zero-order valence-electron chi connectivity index (χ0n) is 17.9. The third kappa shape index (κ3) is 5.84. The molecule has 4 N–H and O–H groups in total. The van der Waals surface area contributed by atoms with Gasteiger partial charge in [-0.05, 0) is 32.0 Å². The van der Waals surface area contributed by atoms with Crippen LogP contribution in [0.15, 0.2) is 18.2 Å². The number of hydrogen-bond donors (Lipinski definition) is 4. The quantitative estimate of drug-likeness (QED) is 0.331. The predicted octanol–water partition coefficient (Wildman–Crippen LogP) is -2.47. The summed E-state index contributed by atoms with van der Waals surface area (Å²) < 4.78 is 16.4. The Morgan fingerprint density at radius 1 is 1.07 bits per heavy atom. The summed E-state index contributed by atoms with van der Waals surface area (Å²) >= 11 is 0. The van der Waals surface area contributed by atoms with Gasteiger partial charge in [-0.1, -0.05) is 0 Å². The van der Waals surface area contributed by atoms with Crippen LogP contribution in [0.25, 0.3) is 0 Å². The van der Waals surface area contributed by atoms with Gasteiger partial charge in [-0.15, -0.1) is 0 Å². The molecule has 1 saturated heterocycles. The van der Waals surface area contributed by atoms with Crippen LogP contribution < -0.4 is 29.9 Å². The highest BCUT2D eigenvalue weighted by Crippen LogP contribution is 2.33. The van der Waals surface area contributed by atoms with E-state index in [-0.39, 0.29) is 12.8 Å². The van der Waals surface area contributed by atoms with Crippen LogP contribution in [0, 0.1) is 0 Å². The van der Waals surface area contributed by atoms with Gasteiger partial charge >= 0.3 is 11.8 Å². The minimum Gasteiger partial charge on any atom is -0.454 e. The second-order valence-corrected chi connectivity index (χ2v) is 7.61. The maximum Gasteiger partial charge on any atom is 0.309 e. The lowest BCUT2D eigenvalue weighted by Crippen LogP contribution is -3.15. The fourth-order valence-electron chi connectivity index (χ4n) is 3.92. The van der Waals surface area contributed by atoms with Crippen LogP contribution in [0.4, 0.5) is 0 Å². The molecule has 0 aromatic heterocycles. The number of hydrogen-bond acceptors (Lipinski definition) is 5. The molecule has 2 heterocycles.